The average Bonchev–Trinajstić information content (AvgIpc) is 2.61. The van der Waals surface area contributed by atoms with E-state index in [0.717, 1.165) is 18.4 Å². The van der Waals surface area contributed by atoms with E-state index in [1.54, 1.807) is 24.3 Å². The molecule has 4 heteroatoms. The van der Waals surface area contributed by atoms with E-state index in [1.165, 1.54) is 12.1 Å². The highest BCUT2D eigenvalue weighted by atomic mass is 35.5. The summed E-state index contributed by atoms with van der Waals surface area (Å²) in [7, 11) is 0. The van der Waals surface area contributed by atoms with E-state index in [9.17, 15) is 9.18 Å². The van der Waals surface area contributed by atoms with Gasteiger partial charge in [-0.05, 0) is 54.3 Å². The Balaban J connectivity index is 2.45. The lowest BCUT2D eigenvalue weighted by molar-refractivity contribution is -0.125. The van der Waals surface area contributed by atoms with Crippen LogP contribution in [-0.4, -0.2) is 23.9 Å². The number of carbonyl (C=O) groups excluding carboxylic acids is 1. The van der Waals surface area contributed by atoms with Gasteiger partial charge in [-0.15, -0.1) is 0 Å². The largest absolute Gasteiger partial charge is 0.339 e. The van der Waals surface area contributed by atoms with E-state index in [2.05, 4.69) is 13.8 Å². The van der Waals surface area contributed by atoms with Gasteiger partial charge >= 0.3 is 0 Å². The van der Waals surface area contributed by atoms with E-state index in [0.29, 0.717) is 29.2 Å². The van der Waals surface area contributed by atoms with Crippen LogP contribution in [0.1, 0.15) is 37.8 Å². The number of rotatable bonds is 7. The first-order valence-corrected chi connectivity index (χ1v) is 8.95. The Labute approximate surface area is 153 Å². The molecule has 0 heterocycles. The Bertz CT molecular complexity index is 717. The first kappa shape index (κ1) is 19.2. The molecule has 0 atom stereocenters. The van der Waals surface area contributed by atoms with Gasteiger partial charge in [0.05, 0.1) is 0 Å². The first-order chi connectivity index (χ1) is 12.0. The van der Waals surface area contributed by atoms with E-state index in [1.807, 2.05) is 23.1 Å². The summed E-state index contributed by atoms with van der Waals surface area (Å²) in [4.78, 5) is 15.0. The minimum absolute atomic E-state index is 0.0368. The third kappa shape index (κ3) is 5.43. The molecule has 0 N–H and O–H groups in total. The summed E-state index contributed by atoms with van der Waals surface area (Å²) in [6, 6.07) is 13.3. The highest BCUT2D eigenvalue weighted by Gasteiger charge is 2.18. The van der Waals surface area contributed by atoms with Gasteiger partial charge in [-0.1, -0.05) is 49.7 Å². The second-order valence-electron chi connectivity index (χ2n) is 5.91. The Morgan fingerprint density at radius 2 is 1.56 bits per heavy atom. The lowest BCUT2D eigenvalue weighted by Crippen LogP contribution is -2.33. The van der Waals surface area contributed by atoms with Crippen LogP contribution < -0.4 is 0 Å². The average molecular weight is 360 g/mol. The van der Waals surface area contributed by atoms with Crippen molar-refractivity contribution in [2.24, 2.45) is 0 Å². The molecular weight excluding hydrogens is 337 g/mol. The van der Waals surface area contributed by atoms with Crippen molar-refractivity contribution < 1.29 is 9.18 Å². The minimum atomic E-state index is -0.319. The number of hydrogen-bond donors (Lipinski definition) is 0. The molecule has 0 saturated carbocycles. The van der Waals surface area contributed by atoms with Crippen LogP contribution in [0.15, 0.2) is 48.5 Å². The normalized spacial score (nSPS) is 11.4. The third-order valence-corrected chi connectivity index (χ3v) is 4.09. The van der Waals surface area contributed by atoms with Crippen LogP contribution in [0.2, 0.25) is 5.02 Å². The molecule has 0 saturated heterocycles. The number of hydrogen-bond acceptors (Lipinski definition) is 1. The quantitative estimate of drug-likeness (QED) is 0.461. The van der Waals surface area contributed by atoms with Gasteiger partial charge in [0.25, 0.3) is 5.91 Å². The van der Waals surface area contributed by atoms with Gasteiger partial charge in [-0.3, -0.25) is 4.79 Å². The van der Waals surface area contributed by atoms with Crippen molar-refractivity contribution in [3.63, 3.8) is 0 Å². The van der Waals surface area contributed by atoms with Crippen molar-refractivity contribution in [2.75, 3.05) is 13.1 Å². The Kier molecular flexibility index (Phi) is 7.20. The summed E-state index contributed by atoms with van der Waals surface area (Å²) in [6.07, 6.45) is 3.62. The van der Waals surface area contributed by atoms with Crippen LogP contribution in [0.25, 0.3) is 11.6 Å². The molecule has 0 unspecified atom stereocenters. The molecule has 0 aromatic heterocycles. The van der Waals surface area contributed by atoms with Crippen LogP contribution in [-0.2, 0) is 4.79 Å². The highest BCUT2D eigenvalue weighted by molar-refractivity contribution is 6.30. The lowest BCUT2D eigenvalue weighted by Gasteiger charge is -2.23. The molecule has 2 aromatic rings. The maximum atomic E-state index is 13.3. The van der Waals surface area contributed by atoms with E-state index < -0.39 is 0 Å². The number of amides is 1. The topological polar surface area (TPSA) is 20.3 Å². The summed E-state index contributed by atoms with van der Waals surface area (Å²) >= 11 is 5.94. The van der Waals surface area contributed by atoms with Gasteiger partial charge in [-0.25, -0.2) is 4.39 Å². The molecule has 0 aliphatic carbocycles. The molecule has 2 nitrogen and oxygen atoms in total. The van der Waals surface area contributed by atoms with Crippen LogP contribution in [0.3, 0.4) is 0 Å². The molecule has 132 valence electrons. The van der Waals surface area contributed by atoms with E-state index >= 15 is 0 Å². The van der Waals surface area contributed by atoms with Crippen molar-refractivity contribution in [1.29, 1.82) is 0 Å². The lowest BCUT2D eigenvalue weighted by atomic mass is 10.0. The fraction of sp³-hybridized carbons (Fsp3) is 0.286. The summed E-state index contributed by atoms with van der Waals surface area (Å²) in [5.74, 6) is -0.355. The number of benzene rings is 2. The van der Waals surface area contributed by atoms with Crippen molar-refractivity contribution in [3.05, 3.63) is 70.5 Å². The van der Waals surface area contributed by atoms with Gasteiger partial charge in [0, 0.05) is 23.7 Å². The van der Waals surface area contributed by atoms with Gasteiger partial charge in [0.15, 0.2) is 0 Å². The van der Waals surface area contributed by atoms with Crippen LogP contribution in [0.4, 0.5) is 4.39 Å². The van der Waals surface area contributed by atoms with Gasteiger partial charge in [-0.2, -0.15) is 0 Å². The van der Waals surface area contributed by atoms with Crippen molar-refractivity contribution in [3.8, 4) is 0 Å². The standard InChI is InChI=1S/C21H23ClFNO/c1-3-13-24(14-4-2)21(25)20(17-7-11-19(23)12-8-17)15-16-5-9-18(22)10-6-16/h5-12,15H,3-4,13-14H2,1-2H3/b20-15+. The smallest absolute Gasteiger partial charge is 0.254 e. The first-order valence-electron chi connectivity index (χ1n) is 8.57. The molecule has 0 spiro atoms. The van der Waals surface area contributed by atoms with Crippen LogP contribution >= 0.6 is 11.6 Å². The maximum Gasteiger partial charge on any atom is 0.254 e. The fourth-order valence-corrected chi connectivity index (χ4v) is 2.77. The zero-order chi connectivity index (χ0) is 18.2. The maximum absolute atomic E-state index is 13.3. The molecule has 0 fully saturated rings. The summed E-state index contributed by atoms with van der Waals surface area (Å²) < 4.78 is 13.3. The molecule has 0 aliphatic heterocycles. The zero-order valence-corrected chi connectivity index (χ0v) is 15.4. The van der Waals surface area contributed by atoms with Crippen LogP contribution in [0.5, 0.6) is 0 Å². The zero-order valence-electron chi connectivity index (χ0n) is 14.6. The SMILES string of the molecule is CCCN(CCC)C(=O)/C(=C/c1ccc(Cl)cc1)c1ccc(F)cc1. The van der Waals surface area contributed by atoms with Crippen molar-refractivity contribution in [1.82, 2.24) is 4.90 Å². The molecule has 2 rings (SSSR count). The minimum Gasteiger partial charge on any atom is -0.339 e. The molecular formula is C21H23ClFNO. The van der Waals surface area contributed by atoms with E-state index in [-0.39, 0.29) is 11.7 Å². The van der Waals surface area contributed by atoms with Crippen LogP contribution in [0, 0.1) is 5.82 Å². The van der Waals surface area contributed by atoms with Gasteiger partial charge < -0.3 is 4.90 Å². The Morgan fingerprint density at radius 3 is 2.08 bits per heavy atom. The summed E-state index contributed by atoms with van der Waals surface area (Å²) in [5, 5.41) is 0.644. The number of nitrogens with zero attached hydrogens (tertiary/aromatic N) is 1. The second kappa shape index (κ2) is 9.38. The summed E-state index contributed by atoms with van der Waals surface area (Å²) in [5.41, 5.74) is 2.15. The molecule has 0 aliphatic rings. The number of carbonyl (C=O) groups is 1. The molecule has 0 bridgehead atoms. The van der Waals surface area contributed by atoms with E-state index in [4.69, 9.17) is 11.6 Å². The van der Waals surface area contributed by atoms with Gasteiger partial charge in [0.2, 0.25) is 0 Å². The van der Waals surface area contributed by atoms with Crippen molar-refractivity contribution >= 4 is 29.2 Å². The molecule has 25 heavy (non-hydrogen) atoms. The predicted octanol–water partition coefficient (Wildman–Crippen LogP) is 5.67. The molecule has 0 radical (unpaired) electrons. The predicted molar refractivity (Wildman–Crippen MR) is 103 cm³/mol. The van der Waals surface area contributed by atoms with Gasteiger partial charge in [0.1, 0.15) is 5.82 Å². The highest BCUT2D eigenvalue weighted by Crippen LogP contribution is 2.23. The number of halogens is 2. The Hall–Kier alpha value is -2.13. The second-order valence-corrected chi connectivity index (χ2v) is 6.35. The molecule has 2 aromatic carbocycles. The molecule has 1 amide bonds. The summed E-state index contributed by atoms with van der Waals surface area (Å²) in [6.45, 7) is 5.50. The Morgan fingerprint density at radius 1 is 1.00 bits per heavy atom. The monoisotopic (exact) mass is 359 g/mol. The van der Waals surface area contributed by atoms with Crippen molar-refractivity contribution in [2.45, 2.75) is 26.7 Å². The third-order valence-electron chi connectivity index (χ3n) is 3.84. The fourth-order valence-electron chi connectivity index (χ4n) is 2.65.